The predicted molar refractivity (Wildman–Crippen MR) is 66.0 cm³/mol. The van der Waals surface area contributed by atoms with Crippen molar-refractivity contribution in [2.24, 2.45) is 0 Å². The molecule has 1 N–H and O–H groups in total. The van der Waals surface area contributed by atoms with Crippen LogP contribution < -0.4 is 5.32 Å². The maximum atomic E-state index is 13.1. The van der Waals surface area contributed by atoms with Crippen LogP contribution in [0.25, 0.3) is 11.4 Å². The molecule has 0 amide bonds. The molecule has 6 heteroatoms. The van der Waals surface area contributed by atoms with E-state index in [1.165, 1.54) is 12.1 Å². The van der Waals surface area contributed by atoms with Crippen molar-refractivity contribution in [3.8, 4) is 11.4 Å². The Bertz CT molecular complexity index is 552. The lowest BCUT2D eigenvalue weighted by atomic mass is 10.2. The Morgan fingerprint density at radius 2 is 2.37 bits per heavy atom. The molecule has 1 unspecified atom stereocenters. The number of morpholine rings is 1. The topological polar surface area (TPSA) is 60.2 Å². The summed E-state index contributed by atoms with van der Waals surface area (Å²) in [6, 6.07) is 6.13. The third-order valence-electron chi connectivity index (χ3n) is 2.96. The highest BCUT2D eigenvalue weighted by Crippen LogP contribution is 2.17. The molecule has 0 bridgehead atoms. The minimum Gasteiger partial charge on any atom is -0.375 e. The van der Waals surface area contributed by atoms with Crippen LogP contribution in [0.3, 0.4) is 0 Å². The van der Waals surface area contributed by atoms with Crippen LogP contribution in [0.15, 0.2) is 28.8 Å². The van der Waals surface area contributed by atoms with Crippen molar-refractivity contribution in [2.75, 3.05) is 19.7 Å². The van der Waals surface area contributed by atoms with Crippen molar-refractivity contribution in [3.63, 3.8) is 0 Å². The molecule has 1 aromatic heterocycles. The number of halogens is 1. The monoisotopic (exact) mass is 263 g/mol. The summed E-state index contributed by atoms with van der Waals surface area (Å²) in [5, 5.41) is 7.10. The first-order valence-corrected chi connectivity index (χ1v) is 6.22. The summed E-state index contributed by atoms with van der Waals surface area (Å²) in [5.41, 5.74) is 0.609. The van der Waals surface area contributed by atoms with Gasteiger partial charge in [-0.05, 0) is 12.1 Å². The van der Waals surface area contributed by atoms with Crippen LogP contribution in [-0.2, 0) is 11.2 Å². The van der Waals surface area contributed by atoms with Crippen LogP contribution in [0, 0.1) is 5.82 Å². The van der Waals surface area contributed by atoms with Crippen LogP contribution in [0.2, 0.25) is 0 Å². The molecule has 1 saturated heterocycles. The van der Waals surface area contributed by atoms with E-state index in [0.717, 1.165) is 13.1 Å². The fourth-order valence-electron chi connectivity index (χ4n) is 2.03. The lowest BCUT2D eigenvalue weighted by Gasteiger charge is -2.21. The quantitative estimate of drug-likeness (QED) is 0.907. The van der Waals surface area contributed by atoms with Gasteiger partial charge in [-0.15, -0.1) is 0 Å². The molecule has 5 nitrogen and oxygen atoms in total. The molecule has 1 aliphatic rings. The highest BCUT2D eigenvalue weighted by atomic mass is 19.1. The van der Waals surface area contributed by atoms with Gasteiger partial charge >= 0.3 is 0 Å². The Hall–Kier alpha value is -1.79. The van der Waals surface area contributed by atoms with Gasteiger partial charge in [0.05, 0.1) is 19.1 Å². The van der Waals surface area contributed by atoms with E-state index >= 15 is 0 Å². The minimum absolute atomic E-state index is 0.0505. The molecule has 3 rings (SSSR count). The highest BCUT2D eigenvalue weighted by Gasteiger charge is 2.18. The van der Waals surface area contributed by atoms with E-state index < -0.39 is 0 Å². The third kappa shape index (κ3) is 2.97. The van der Waals surface area contributed by atoms with Gasteiger partial charge in [0, 0.05) is 18.7 Å². The molecule has 0 radical (unpaired) electrons. The number of benzene rings is 1. The average molecular weight is 263 g/mol. The fraction of sp³-hybridized carbons (Fsp3) is 0.385. The Morgan fingerprint density at radius 1 is 1.42 bits per heavy atom. The number of ether oxygens (including phenoxy) is 1. The van der Waals surface area contributed by atoms with Gasteiger partial charge in [-0.1, -0.05) is 17.3 Å². The van der Waals surface area contributed by atoms with E-state index in [1.54, 1.807) is 12.1 Å². The van der Waals surface area contributed by atoms with Crippen LogP contribution in [0.4, 0.5) is 4.39 Å². The second-order valence-corrected chi connectivity index (χ2v) is 4.42. The molecule has 0 saturated carbocycles. The van der Waals surface area contributed by atoms with Crippen molar-refractivity contribution in [1.29, 1.82) is 0 Å². The van der Waals surface area contributed by atoms with Crippen molar-refractivity contribution in [1.82, 2.24) is 15.5 Å². The van der Waals surface area contributed by atoms with E-state index in [2.05, 4.69) is 15.5 Å². The zero-order chi connectivity index (χ0) is 13.1. The zero-order valence-electron chi connectivity index (χ0n) is 10.3. The summed E-state index contributed by atoms with van der Waals surface area (Å²) in [4.78, 5) is 4.26. The van der Waals surface area contributed by atoms with Gasteiger partial charge in [0.2, 0.25) is 11.7 Å². The van der Waals surface area contributed by atoms with Gasteiger partial charge < -0.3 is 14.6 Å². The van der Waals surface area contributed by atoms with Crippen molar-refractivity contribution in [2.45, 2.75) is 12.5 Å². The first kappa shape index (κ1) is 12.3. The Labute approximate surface area is 109 Å². The van der Waals surface area contributed by atoms with Gasteiger partial charge in [0.15, 0.2) is 0 Å². The van der Waals surface area contributed by atoms with Crippen molar-refractivity contribution < 1.29 is 13.7 Å². The normalized spacial score (nSPS) is 19.5. The summed E-state index contributed by atoms with van der Waals surface area (Å²) < 4.78 is 23.9. The first-order chi connectivity index (χ1) is 9.31. The predicted octanol–water partition coefficient (Wildman–Crippen LogP) is 1.41. The summed E-state index contributed by atoms with van der Waals surface area (Å²) in [7, 11) is 0. The molecule has 0 spiro atoms. The molecular formula is C13H14FN3O2. The number of hydrogen-bond acceptors (Lipinski definition) is 5. The summed E-state index contributed by atoms with van der Waals surface area (Å²) in [5.74, 6) is 0.592. The van der Waals surface area contributed by atoms with Crippen LogP contribution in [-0.4, -0.2) is 35.9 Å². The minimum atomic E-state index is -0.316. The van der Waals surface area contributed by atoms with Gasteiger partial charge in [0.1, 0.15) is 5.82 Å². The second-order valence-electron chi connectivity index (χ2n) is 4.42. The summed E-state index contributed by atoms with van der Waals surface area (Å²) >= 11 is 0. The Morgan fingerprint density at radius 3 is 3.16 bits per heavy atom. The highest BCUT2D eigenvalue weighted by molar-refractivity contribution is 5.53. The zero-order valence-corrected chi connectivity index (χ0v) is 10.3. The molecule has 19 heavy (non-hydrogen) atoms. The van der Waals surface area contributed by atoms with Crippen molar-refractivity contribution in [3.05, 3.63) is 36.0 Å². The van der Waals surface area contributed by atoms with Gasteiger partial charge in [-0.2, -0.15) is 4.98 Å². The molecule has 0 aliphatic carbocycles. The third-order valence-corrected chi connectivity index (χ3v) is 2.96. The Balaban J connectivity index is 1.72. The fourth-order valence-corrected chi connectivity index (χ4v) is 2.03. The van der Waals surface area contributed by atoms with E-state index in [-0.39, 0.29) is 11.9 Å². The second kappa shape index (κ2) is 5.46. The molecule has 100 valence electrons. The maximum Gasteiger partial charge on any atom is 0.229 e. The first-order valence-electron chi connectivity index (χ1n) is 6.22. The molecule has 1 aromatic carbocycles. The smallest absolute Gasteiger partial charge is 0.229 e. The standard InChI is InChI=1S/C13H14FN3O2/c14-10-3-1-2-9(6-10)13-16-12(19-17-13)7-11-8-15-4-5-18-11/h1-3,6,11,15H,4-5,7-8H2. The van der Waals surface area contributed by atoms with Crippen LogP contribution in [0.5, 0.6) is 0 Å². The molecule has 2 aromatic rings. The molecule has 2 heterocycles. The van der Waals surface area contributed by atoms with Crippen LogP contribution >= 0.6 is 0 Å². The SMILES string of the molecule is Fc1cccc(-c2noc(CC3CNCCO3)n2)c1. The van der Waals surface area contributed by atoms with Crippen LogP contribution in [0.1, 0.15) is 5.89 Å². The summed E-state index contributed by atoms with van der Waals surface area (Å²) in [6.45, 7) is 2.34. The number of nitrogens with one attached hydrogen (secondary N) is 1. The molecular weight excluding hydrogens is 249 g/mol. The van der Waals surface area contributed by atoms with Gasteiger partial charge in [-0.3, -0.25) is 0 Å². The van der Waals surface area contributed by atoms with Crippen molar-refractivity contribution >= 4 is 0 Å². The molecule has 1 fully saturated rings. The Kier molecular flexibility index (Phi) is 3.52. The number of hydrogen-bond donors (Lipinski definition) is 1. The van der Waals surface area contributed by atoms with E-state index in [0.29, 0.717) is 30.3 Å². The average Bonchev–Trinajstić information content (AvgIpc) is 2.88. The lowest BCUT2D eigenvalue weighted by molar-refractivity contribution is 0.0246. The lowest BCUT2D eigenvalue weighted by Crippen LogP contribution is -2.39. The number of aromatic nitrogens is 2. The van der Waals surface area contributed by atoms with Gasteiger partial charge in [-0.25, -0.2) is 4.39 Å². The molecule has 1 atom stereocenters. The molecule has 1 aliphatic heterocycles. The van der Waals surface area contributed by atoms with E-state index in [4.69, 9.17) is 9.26 Å². The van der Waals surface area contributed by atoms with E-state index in [9.17, 15) is 4.39 Å². The maximum absolute atomic E-state index is 13.1. The summed E-state index contributed by atoms with van der Waals surface area (Å²) in [6.07, 6.45) is 0.615. The number of rotatable bonds is 3. The van der Waals surface area contributed by atoms with Gasteiger partial charge in [0.25, 0.3) is 0 Å². The number of nitrogens with zero attached hydrogens (tertiary/aromatic N) is 2. The largest absolute Gasteiger partial charge is 0.375 e. The van der Waals surface area contributed by atoms with E-state index in [1.807, 2.05) is 0 Å².